The molecule has 2 aromatic carbocycles. The first-order valence-electron chi connectivity index (χ1n) is 8.91. The Morgan fingerprint density at radius 1 is 0.870 bits per heavy atom. The molecule has 1 fully saturated rings. The summed E-state index contributed by atoms with van der Waals surface area (Å²) in [4.78, 5) is 2.68. The molecule has 1 heteroatoms. The van der Waals surface area contributed by atoms with Crippen LogP contribution in [0.2, 0.25) is 0 Å². The normalized spacial score (nSPS) is 24.0. The zero-order valence-electron chi connectivity index (χ0n) is 13.9. The number of rotatable bonds is 3. The second kappa shape index (κ2) is 6.23. The lowest BCUT2D eigenvalue weighted by Crippen LogP contribution is -2.35. The predicted octanol–water partition coefficient (Wildman–Crippen LogP) is 5.49. The molecule has 0 saturated heterocycles. The maximum Gasteiger partial charge on any atom is 0.0429 e. The third-order valence-corrected chi connectivity index (χ3v) is 5.60. The molecule has 1 aliphatic carbocycles. The van der Waals surface area contributed by atoms with Crippen molar-refractivity contribution in [2.45, 2.75) is 45.2 Å². The molecule has 0 amide bonds. The molecule has 0 radical (unpaired) electrons. The van der Waals surface area contributed by atoms with E-state index in [0.717, 1.165) is 12.5 Å². The summed E-state index contributed by atoms with van der Waals surface area (Å²) >= 11 is 0. The number of fused-ring (bicyclic) bond motifs is 1. The van der Waals surface area contributed by atoms with Crippen LogP contribution in [0.1, 0.15) is 43.7 Å². The van der Waals surface area contributed by atoms with Crippen LogP contribution >= 0.6 is 0 Å². The fraction of sp³-hybridized carbons (Fsp3) is 0.364. The lowest BCUT2D eigenvalue weighted by Gasteiger charge is -2.35. The van der Waals surface area contributed by atoms with E-state index in [1.165, 1.54) is 42.5 Å². The molecule has 2 unspecified atom stereocenters. The van der Waals surface area contributed by atoms with Crippen molar-refractivity contribution in [2.24, 2.45) is 5.92 Å². The number of hydrogen-bond donors (Lipinski definition) is 0. The summed E-state index contributed by atoms with van der Waals surface area (Å²) in [7, 11) is 0. The second-order valence-electron chi connectivity index (χ2n) is 6.94. The van der Waals surface area contributed by atoms with Gasteiger partial charge in [0.2, 0.25) is 0 Å². The maximum atomic E-state index is 2.68. The topological polar surface area (TPSA) is 3.24 Å². The molecule has 0 bridgehead atoms. The molecule has 2 aromatic rings. The lowest BCUT2D eigenvalue weighted by atomic mass is 9.79. The molecular formula is C22H25N. The first kappa shape index (κ1) is 14.6. The molecule has 0 spiro atoms. The molecule has 23 heavy (non-hydrogen) atoms. The first-order chi connectivity index (χ1) is 11.3. The number of nitrogens with zero attached hydrogens (tertiary/aromatic N) is 1. The monoisotopic (exact) mass is 303 g/mol. The molecule has 4 rings (SSSR count). The zero-order valence-corrected chi connectivity index (χ0v) is 13.9. The van der Waals surface area contributed by atoms with Crippen molar-refractivity contribution in [3.05, 3.63) is 77.5 Å². The summed E-state index contributed by atoms with van der Waals surface area (Å²) in [6, 6.07) is 22.7. The highest BCUT2D eigenvalue weighted by Crippen LogP contribution is 2.47. The van der Waals surface area contributed by atoms with Gasteiger partial charge < -0.3 is 4.90 Å². The van der Waals surface area contributed by atoms with Crippen molar-refractivity contribution in [2.75, 3.05) is 0 Å². The van der Waals surface area contributed by atoms with Crippen molar-refractivity contribution in [3.63, 3.8) is 0 Å². The van der Waals surface area contributed by atoms with Gasteiger partial charge in [-0.1, -0.05) is 73.5 Å². The smallest absolute Gasteiger partial charge is 0.0429 e. The van der Waals surface area contributed by atoms with E-state index >= 15 is 0 Å². The van der Waals surface area contributed by atoms with Crippen LogP contribution < -0.4 is 0 Å². The Morgan fingerprint density at radius 3 is 2.26 bits per heavy atom. The van der Waals surface area contributed by atoms with E-state index in [9.17, 15) is 0 Å². The van der Waals surface area contributed by atoms with E-state index < -0.39 is 0 Å². The van der Waals surface area contributed by atoms with Gasteiger partial charge in [0, 0.05) is 24.2 Å². The largest absolute Gasteiger partial charge is 0.367 e. The van der Waals surface area contributed by atoms with Crippen molar-refractivity contribution < 1.29 is 0 Å². The fourth-order valence-electron chi connectivity index (χ4n) is 4.55. The van der Waals surface area contributed by atoms with Crippen molar-refractivity contribution in [3.8, 4) is 0 Å². The Labute approximate surface area is 139 Å². The Kier molecular flexibility index (Phi) is 3.95. The lowest BCUT2D eigenvalue weighted by molar-refractivity contribution is 0.186. The highest BCUT2D eigenvalue weighted by Gasteiger charge is 2.40. The molecule has 1 saturated carbocycles. The van der Waals surface area contributed by atoms with Crippen LogP contribution in [0.25, 0.3) is 5.57 Å². The Hall–Kier alpha value is -2.02. The van der Waals surface area contributed by atoms with E-state index in [2.05, 4.69) is 72.5 Å². The number of benzene rings is 2. The summed E-state index contributed by atoms with van der Waals surface area (Å²) in [5.41, 5.74) is 5.95. The van der Waals surface area contributed by atoms with Crippen molar-refractivity contribution >= 4 is 5.57 Å². The van der Waals surface area contributed by atoms with E-state index in [1.807, 2.05) is 0 Å². The Balaban J connectivity index is 1.71. The molecule has 2 atom stereocenters. The average Bonchev–Trinajstić information content (AvgIpc) is 2.89. The molecule has 0 aromatic heterocycles. The van der Waals surface area contributed by atoms with Crippen LogP contribution in [-0.4, -0.2) is 10.9 Å². The van der Waals surface area contributed by atoms with Gasteiger partial charge in [0.1, 0.15) is 0 Å². The first-order valence-corrected chi connectivity index (χ1v) is 8.91. The van der Waals surface area contributed by atoms with Gasteiger partial charge in [0.05, 0.1) is 0 Å². The summed E-state index contributed by atoms with van der Waals surface area (Å²) in [6.07, 6.45) is 5.44. The average molecular weight is 303 g/mol. The van der Waals surface area contributed by atoms with E-state index in [-0.39, 0.29) is 0 Å². The summed E-state index contributed by atoms with van der Waals surface area (Å²) in [6.45, 7) is 3.38. The minimum atomic E-state index is 0.694. The van der Waals surface area contributed by atoms with Gasteiger partial charge in [-0.2, -0.15) is 0 Å². The summed E-state index contributed by atoms with van der Waals surface area (Å²) in [5, 5.41) is 0. The molecule has 0 N–H and O–H groups in total. The van der Waals surface area contributed by atoms with Crippen LogP contribution in [0.5, 0.6) is 0 Å². The fourth-order valence-corrected chi connectivity index (χ4v) is 4.55. The highest BCUT2D eigenvalue weighted by molar-refractivity contribution is 5.72. The van der Waals surface area contributed by atoms with Gasteiger partial charge in [-0.25, -0.2) is 0 Å². The predicted molar refractivity (Wildman–Crippen MR) is 96.8 cm³/mol. The van der Waals surface area contributed by atoms with Gasteiger partial charge in [-0.15, -0.1) is 0 Å². The SMILES string of the molecule is CC1=C(c2ccccc2)C2CCCCC2N1Cc1ccccc1. The van der Waals surface area contributed by atoms with Crippen LogP contribution in [0.4, 0.5) is 0 Å². The molecule has 2 aliphatic rings. The zero-order chi connectivity index (χ0) is 15.6. The van der Waals surface area contributed by atoms with Crippen LogP contribution in [-0.2, 0) is 6.54 Å². The van der Waals surface area contributed by atoms with Gasteiger partial charge in [0.25, 0.3) is 0 Å². The highest BCUT2D eigenvalue weighted by atomic mass is 15.2. The number of hydrogen-bond acceptors (Lipinski definition) is 1. The summed E-state index contributed by atoms with van der Waals surface area (Å²) < 4.78 is 0. The van der Waals surface area contributed by atoms with E-state index in [0.29, 0.717) is 6.04 Å². The maximum absolute atomic E-state index is 2.68. The van der Waals surface area contributed by atoms with Crippen LogP contribution in [0, 0.1) is 5.92 Å². The quantitative estimate of drug-likeness (QED) is 0.724. The third-order valence-electron chi connectivity index (χ3n) is 5.60. The van der Waals surface area contributed by atoms with Gasteiger partial charge in [-0.3, -0.25) is 0 Å². The van der Waals surface area contributed by atoms with E-state index in [1.54, 1.807) is 5.57 Å². The van der Waals surface area contributed by atoms with Gasteiger partial charge >= 0.3 is 0 Å². The van der Waals surface area contributed by atoms with Crippen LogP contribution in [0.3, 0.4) is 0 Å². The van der Waals surface area contributed by atoms with Gasteiger partial charge in [-0.05, 0) is 36.5 Å². The Morgan fingerprint density at radius 2 is 1.52 bits per heavy atom. The molecule has 1 nitrogen and oxygen atoms in total. The van der Waals surface area contributed by atoms with Crippen molar-refractivity contribution in [1.82, 2.24) is 4.90 Å². The van der Waals surface area contributed by atoms with Crippen LogP contribution in [0.15, 0.2) is 66.4 Å². The molecule has 1 heterocycles. The van der Waals surface area contributed by atoms with E-state index in [4.69, 9.17) is 0 Å². The molecule has 1 aliphatic heterocycles. The minimum Gasteiger partial charge on any atom is -0.367 e. The Bertz CT molecular complexity index is 686. The van der Waals surface area contributed by atoms with Crippen molar-refractivity contribution in [1.29, 1.82) is 0 Å². The second-order valence-corrected chi connectivity index (χ2v) is 6.94. The molecule has 118 valence electrons. The summed E-state index contributed by atoms with van der Waals surface area (Å²) in [5.74, 6) is 0.717. The van der Waals surface area contributed by atoms with Gasteiger partial charge in [0.15, 0.2) is 0 Å². The molecular weight excluding hydrogens is 278 g/mol. The standard InChI is InChI=1S/C22H25N/c1-17-22(19-12-6-3-7-13-19)20-14-8-9-15-21(20)23(17)16-18-10-4-2-5-11-18/h2-7,10-13,20-21H,8-9,14-16H2,1H3. The minimum absolute atomic E-state index is 0.694. The third kappa shape index (κ3) is 2.69. The number of allylic oxidation sites excluding steroid dienone is 1.